The minimum atomic E-state index is -0.487. The van der Waals surface area contributed by atoms with Gasteiger partial charge in [0.25, 0.3) is 0 Å². The summed E-state index contributed by atoms with van der Waals surface area (Å²) in [5, 5.41) is 14.2. The smallest absolute Gasteiger partial charge is 0.329 e. The molecule has 1 aromatic rings. The number of nitrogen functional groups attached to an aromatic ring is 1. The highest BCUT2D eigenvalue weighted by atomic mass is 16.6. The highest BCUT2D eigenvalue weighted by Crippen LogP contribution is 2.36. The lowest BCUT2D eigenvalue weighted by Gasteiger charge is -2.21. The number of rotatable bonds is 5. The van der Waals surface area contributed by atoms with Crippen LogP contribution in [0.1, 0.15) is 33.1 Å². The van der Waals surface area contributed by atoms with Gasteiger partial charge in [-0.05, 0) is 24.7 Å². The lowest BCUT2D eigenvalue weighted by atomic mass is 9.93. The van der Waals surface area contributed by atoms with Crippen molar-refractivity contribution in [2.24, 2.45) is 17.7 Å². The molecule has 2 rings (SSSR count). The van der Waals surface area contributed by atoms with Crippen LogP contribution in [0.2, 0.25) is 0 Å². The van der Waals surface area contributed by atoms with Crippen molar-refractivity contribution >= 4 is 17.5 Å². The number of aromatic nitrogens is 2. The van der Waals surface area contributed by atoms with Crippen molar-refractivity contribution in [2.45, 2.75) is 39.2 Å². The summed E-state index contributed by atoms with van der Waals surface area (Å²) >= 11 is 0. The van der Waals surface area contributed by atoms with Crippen molar-refractivity contribution in [3.8, 4) is 0 Å². The molecule has 3 atom stereocenters. The highest BCUT2D eigenvalue weighted by molar-refractivity contribution is 5.57. The molecule has 4 N–H and O–H groups in total. The van der Waals surface area contributed by atoms with Gasteiger partial charge in [-0.2, -0.15) is 4.98 Å². The monoisotopic (exact) mass is 280 g/mol. The summed E-state index contributed by atoms with van der Waals surface area (Å²) in [5.41, 5.74) is 2.18. The first kappa shape index (κ1) is 14.4. The lowest BCUT2D eigenvalue weighted by molar-refractivity contribution is -0.384. The Hall–Kier alpha value is -1.96. The van der Waals surface area contributed by atoms with Gasteiger partial charge in [-0.1, -0.05) is 20.3 Å². The number of nitrogens with two attached hydrogens (primary N) is 1. The summed E-state index contributed by atoms with van der Waals surface area (Å²) in [6, 6.07) is 0.194. The minimum absolute atomic E-state index is 0.129. The second-order valence-electron chi connectivity index (χ2n) is 5.18. The van der Waals surface area contributed by atoms with E-state index in [1.54, 1.807) is 0 Å². The summed E-state index contributed by atoms with van der Waals surface area (Å²) in [7, 11) is 0. The molecule has 1 fully saturated rings. The number of anilines is 2. The van der Waals surface area contributed by atoms with Crippen LogP contribution in [-0.2, 0) is 0 Å². The van der Waals surface area contributed by atoms with Crippen molar-refractivity contribution in [1.29, 1.82) is 0 Å². The number of nitrogens with one attached hydrogen (secondary N) is 2. The number of hydrazine groups is 1. The van der Waals surface area contributed by atoms with Crippen molar-refractivity contribution in [3.05, 3.63) is 16.3 Å². The van der Waals surface area contributed by atoms with Gasteiger partial charge in [0.1, 0.15) is 6.20 Å². The fraction of sp³-hybridized carbons (Fsp3) is 0.667. The molecule has 0 bridgehead atoms. The van der Waals surface area contributed by atoms with Gasteiger partial charge in [0.05, 0.1) is 4.92 Å². The second kappa shape index (κ2) is 6.00. The third-order valence-corrected chi connectivity index (χ3v) is 4.17. The predicted molar refractivity (Wildman–Crippen MR) is 76.1 cm³/mol. The Balaban J connectivity index is 2.21. The topological polar surface area (TPSA) is 119 Å². The third-order valence-electron chi connectivity index (χ3n) is 4.17. The molecule has 0 saturated heterocycles. The number of hydrogen-bond acceptors (Lipinski definition) is 7. The first-order valence-corrected chi connectivity index (χ1v) is 6.81. The fourth-order valence-corrected chi connectivity index (χ4v) is 2.89. The highest BCUT2D eigenvalue weighted by Gasteiger charge is 2.33. The molecule has 20 heavy (non-hydrogen) atoms. The van der Waals surface area contributed by atoms with Gasteiger partial charge in [-0.3, -0.25) is 15.5 Å². The summed E-state index contributed by atoms with van der Waals surface area (Å²) in [4.78, 5) is 18.4. The Morgan fingerprint density at radius 2 is 2.30 bits per heavy atom. The van der Waals surface area contributed by atoms with Crippen molar-refractivity contribution < 1.29 is 4.92 Å². The van der Waals surface area contributed by atoms with Gasteiger partial charge in [0.15, 0.2) is 0 Å². The van der Waals surface area contributed by atoms with Crippen LogP contribution in [-0.4, -0.2) is 20.9 Å². The molecular weight excluding hydrogens is 260 g/mol. The minimum Gasteiger partial charge on any atom is -0.361 e. The summed E-state index contributed by atoms with van der Waals surface area (Å²) in [5.74, 6) is 6.76. The van der Waals surface area contributed by atoms with Crippen LogP contribution in [0.15, 0.2) is 6.20 Å². The molecule has 8 nitrogen and oxygen atoms in total. The van der Waals surface area contributed by atoms with Gasteiger partial charge in [-0.25, -0.2) is 10.8 Å². The predicted octanol–water partition coefficient (Wildman–Crippen LogP) is 1.91. The largest absolute Gasteiger partial charge is 0.361 e. The first-order chi connectivity index (χ1) is 9.56. The van der Waals surface area contributed by atoms with Gasteiger partial charge >= 0.3 is 5.69 Å². The lowest BCUT2D eigenvalue weighted by Crippen LogP contribution is -2.26. The zero-order valence-corrected chi connectivity index (χ0v) is 11.7. The maximum Gasteiger partial charge on any atom is 0.329 e. The molecule has 8 heteroatoms. The molecule has 0 radical (unpaired) electrons. The molecule has 0 aliphatic heterocycles. The van der Waals surface area contributed by atoms with E-state index in [0.717, 1.165) is 19.3 Å². The van der Waals surface area contributed by atoms with E-state index in [-0.39, 0.29) is 23.5 Å². The molecule has 1 aromatic heterocycles. The van der Waals surface area contributed by atoms with Crippen LogP contribution in [0.25, 0.3) is 0 Å². The Morgan fingerprint density at radius 3 is 2.85 bits per heavy atom. The molecule has 1 aliphatic carbocycles. The Kier molecular flexibility index (Phi) is 4.33. The molecule has 3 unspecified atom stereocenters. The van der Waals surface area contributed by atoms with E-state index in [4.69, 9.17) is 5.84 Å². The van der Waals surface area contributed by atoms with Crippen molar-refractivity contribution in [1.82, 2.24) is 9.97 Å². The Bertz CT molecular complexity index is 495. The summed E-state index contributed by atoms with van der Waals surface area (Å²) < 4.78 is 0. The first-order valence-electron chi connectivity index (χ1n) is 6.81. The standard InChI is InChI=1S/C12H20N6O2/c1-3-8-4-5-9(7(8)2)15-11-10(18(19)20)6-14-12(16-11)17-13/h6-9H,3-5,13H2,1-2H3,(H2,14,15,16,17). The van der Waals surface area contributed by atoms with Gasteiger partial charge in [0, 0.05) is 6.04 Å². The average Bonchev–Trinajstić information content (AvgIpc) is 2.79. The number of nitro groups is 1. The van der Waals surface area contributed by atoms with Crippen LogP contribution >= 0.6 is 0 Å². The van der Waals surface area contributed by atoms with Gasteiger partial charge in [-0.15, -0.1) is 0 Å². The van der Waals surface area contributed by atoms with E-state index in [9.17, 15) is 10.1 Å². The Labute approximate surface area is 117 Å². The van der Waals surface area contributed by atoms with E-state index in [1.165, 1.54) is 6.20 Å². The van der Waals surface area contributed by atoms with Crippen molar-refractivity contribution in [2.75, 3.05) is 10.7 Å². The number of hydrogen-bond donors (Lipinski definition) is 3. The molecular formula is C12H20N6O2. The van der Waals surface area contributed by atoms with E-state index in [1.807, 2.05) is 0 Å². The zero-order chi connectivity index (χ0) is 14.7. The molecule has 0 spiro atoms. The zero-order valence-electron chi connectivity index (χ0n) is 11.7. The number of nitrogens with zero attached hydrogens (tertiary/aromatic N) is 3. The van der Waals surface area contributed by atoms with Crippen molar-refractivity contribution in [3.63, 3.8) is 0 Å². The second-order valence-corrected chi connectivity index (χ2v) is 5.18. The maximum absolute atomic E-state index is 11.0. The van der Waals surface area contributed by atoms with Crippen LogP contribution in [0, 0.1) is 22.0 Å². The molecule has 1 heterocycles. The summed E-state index contributed by atoms with van der Waals surface area (Å²) in [6.07, 6.45) is 4.42. The maximum atomic E-state index is 11.0. The normalized spacial score (nSPS) is 25.4. The third kappa shape index (κ3) is 2.79. The summed E-state index contributed by atoms with van der Waals surface area (Å²) in [6.45, 7) is 4.35. The Morgan fingerprint density at radius 1 is 1.55 bits per heavy atom. The fourth-order valence-electron chi connectivity index (χ4n) is 2.89. The van der Waals surface area contributed by atoms with E-state index in [0.29, 0.717) is 11.8 Å². The van der Waals surface area contributed by atoms with Crippen LogP contribution in [0.4, 0.5) is 17.5 Å². The van der Waals surface area contributed by atoms with Gasteiger partial charge in [0.2, 0.25) is 11.8 Å². The van der Waals surface area contributed by atoms with E-state index < -0.39 is 4.92 Å². The van der Waals surface area contributed by atoms with Crippen LogP contribution < -0.4 is 16.6 Å². The molecule has 1 saturated carbocycles. The van der Waals surface area contributed by atoms with Crippen LogP contribution in [0.3, 0.4) is 0 Å². The molecule has 110 valence electrons. The molecule has 0 amide bonds. The SMILES string of the molecule is CCC1CCC(Nc2nc(NN)ncc2[N+](=O)[O-])C1C. The van der Waals surface area contributed by atoms with E-state index in [2.05, 4.69) is 34.6 Å². The quantitative estimate of drug-likeness (QED) is 0.428. The van der Waals surface area contributed by atoms with Gasteiger partial charge < -0.3 is 5.32 Å². The molecule has 0 aromatic carbocycles. The van der Waals surface area contributed by atoms with Crippen LogP contribution in [0.5, 0.6) is 0 Å². The van der Waals surface area contributed by atoms with E-state index >= 15 is 0 Å². The average molecular weight is 280 g/mol. The molecule has 1 aliphatic rings.